The Kier molecular flexibility index (Phi) is 3.97. The fraction of sp³-hybridized carbons (Fsp3) is 0.462. The molecule has 1 aromatic heterocycles. The Morgan fingerprint density at radius 2 is 2.13 bits per heavy atom. The molecule has 1 aromatic rings. The molecule has 0 aliphatic carbocycles. The van der Waals surface area contributed by atoms with Crippen LogP contribution in [-0.4, -0.2) is 4.98 Å². The average molecular weight is 221 g/mol. The lowest BCUT2D eigenvalue weighted by Crippen LogP contribution is -2.11. The topological polar surface area (TPSA) is 12.9 Å². The van der Waals surface area contributed by atoms with Crippen molar-refractivity contribution < 1.29 is 0 Å². The van der Waals surface area contributed by atoms with Gasteiger partial charge >= 0.3 is 0 Å². The molecule has 0 N–H and O–H groups in total. The van der Waals surface area contributed by atoms with E-state index in [4.69, 9.17) is 0 Å². The first-order valence-corrected chi connectivity index (χ1v) is 5.81. The molecular formula is C13H19NS. The highest BCUT2D eigenvalue weighted by Gasteiger charge is 2.14. The first-order valence-electron chi connectivity index (χ1n) is 5.29. The van der Waals surface area contributed by atoms with Crippen molar-refractivity contribution in [1.29, 1.82) is 0 Å². The summed E-state index contributed by atoms with van der Waals surface area (Å²) in [6.45, 7) is 8.75. The van der Waals surface area contributed by atoms with E-state index >= 15 is 0 Å². The maximum absolute atomic E-state index is 4.38. The Bertz CT molecular complexity index is 361. The predicted molar refractivity (Wildman–Crippen MR) is 70.2 cm³/mol. The lowest BCUT2D eigenvalue weighted by molar-refractivity contribution is 0.589. The molecule has 0 unspecified atom stereocenters. The van der Waals surface area contributed by atoms with Crippen molar-refractivity contribution >= 4 is 18.2 Å². The molecule has 2 heteroatoms. The van der Waals surface area contributed by atoms with Gasteiger partial charge in [0.05, 0.1) is 5.69 Å². The van der Waals surface area contributed by atoms with Gasteiger partial charge in [-0.1, -0.05) is 27.7 Å². The van der Waals surface area contributed by atoms with E-state index in [1.165, 1.54) is 11.1 Å². The van der Waals surface area contributed by atoms with Crippen LogP contribution in [0.2, 0.25) is 0 Å². The van der Waals surface area contributed by atoms with Crippen molar-refractivity contribution in [3.63, 3.8) is 0 Å². The van der Waals surface area contributed by atoms with Crippen molar-refractivity contribution in [3.8, 4) is 0 Å². The number of thiol groups is 1. The highest BCUT2D eigenvalue weighted by molar-refractivity contribution is 7.83. The standard InChI is InChI=1S/C13H19NS/c1-5-10(9-15)12-8-11(6-7-14-12)13(2,3)4/h6-9,15H,5H2,1-4H3/b10-9-. The normalized spacial score (nSPS) is 13.0. The third-order valence-electron chi connectivity index (χ3n) is 2.49. The van der Waals surface area contributed by atoms with Crippen molar-refractivity contribution in [2.45, 2.75) is 39.5 Å². The van der Waals surface area contributed by atoms with Gasteiger partial charge in [0.15, 0.2) is 0 Å². The Hall–Kier alpha value is -0.760. The van der Waals surface area contributed by atoms with Gasteiger partial charge < -0.3 is 0 Å². The van der Waals surface area contributed by atoms with E-state index in [2.05, 4.69) is 57.4 Å². The van der Waals surface area contributed by atoms with Gasteiger partial charge in [0.1, 0.15) is 0 Å². The zero-order valence-corrected chi connectivity index (χ0v) is 10.8. The van der Waals surface area contributed by atoms with Gasteiger partial charge in [0, 0.05) is 6.20 Å². The molecule has 0 amide bonds. The molecular weight excluding hydrogens is 202 g/mol. The van der Waals surface area contributed by atoms with Crippen molar-refractivity contribution in [2.75, 3.05) is 0 Å². The van der Waals surface area contributed by atoms with E-state index < -0.39 is 0 Å². The Morgan fingerprint density at radius 1 is 1.47 bits per heavy atom. The van der Waals surface area contributed by atoms with Gasteiger partial charge in [-0.2, -0.15) is 12.6 Å². The fourth-order valence-electron chi connectivity index (χ4n) is 1.41. The van der Waals surface area contributed by atoms with Gasteiger partial charge in [0.25, 0.3) is 0 Å². The summed E-state index contributed by atoms with van der Waals surface area (Å²) in [5.74, 6) is 0. The van der Waals surface area contributed by atoms with E-state index in [9.17, 15) is 0 Å². The second kappa shape index (κ2) is 4.84. The van der Waals surface area contributed by atoms with Crippen LogP contribution in [0.15, 0.2) is 23.7 Å². The number of pyridine rings is 1. The Morgan fingerprint density at radius 3 is 2.60 bits per heavy atom. The van der Waals surface area contributed by atoms with E-state index in [0.717, 1.165) is 12.1 Å². The molecule has 0 aliphatic rings. The molecule has 1 rings (SSSR count). The summed E-state index contributed by atoms with van der Waals surface area (Å²) in [5, 5.41) is 1.84. The van der Waals surface area contributed by atoms with Crippen LogP contribution < -0.4 is 0 Å². The minimum atomic E-state index is 0.174. The number of nitrogens with zero attached hydrogens (tertiary/aromatic N) is 1. The third kappa shape index (κ3) is 3.10. The van der Waals surface area contributed by atoms with Crippen LogP contribution in [0.3, 0.4) is 0 Å². The summed E-state index contributed by atoms with van der Waals surface area (Å²) >= 11 is 4.21. The molecule has 0 spiro atoms. The highest BCUT2D eigenvalue weighted by Crippen LogP contribution is 2.25. The van der Waals surface area contributed by atoms with Crippen LogP contribution in [0.5, 0.6) is 0 Å². The molecule has 15 heavy (non-hydrogen) atoms. The Labute approximate surface area is 98.0 Å². The summed E-state index contributed by atoms with van der Waals surface area (Å²) in [5.41, 5.74) is 3.71. The highest BCUT2D eigenvalue weighted by atomic mass is 32.1. The number of aromatic nitrogens is 1. The lowest BCUT2D eigenvalue weighted by Gasteiger charge is -2.19. The summed E-state index contributed by atoms with van der Waals surface area (Å²) in [7, 11) is 0. The second-order valence-corrected chi connectivity index (χ2v) is 4.95. The van der Waals surface area contributed by atoms with E-state index in [0.29, 0.717) is 0 Å². The summed E-state index contributed by atoms with van der Waals surface area (Å²) < 4.78 is 0. The molecule has 0 aromatic carbocycles. The largest absolute Gasteiger partial charge is 0.257 e. The quantitative estimate of drug-likeness (QED) is 0.743. The molecule has 0 fully saturated rings. The van der Waals surface area contributed by atoms with E-state index in [-0.39, 0.29) is 5.41 Å². The molecule has 0 bridgehead atoms. The first kappa shape index (κ1) is 12.3. The second-order valence-electron chi connectivity index (χ2n) is 4.69. The zero-order chi connectivity index (χ0) is 11.5. The first-order chi connectivity index (χ1) is 6.99. The van der Waals surface area contributed by atoms with E-state index in [1.54, 1.807) is 0 Å². The summed E-state index contributed by atoms with van der Waals surface area (Å²) in [6.07, 6.45) is 2.84. The summed E-state index contributed by atoms with van der Waals surface area (Å²) in [6, 6.07) is 4.24. The Balaban J connectivity index is 3.14. The van der Waals surface area contributed by atoms with Gasteiger partial charge in [-0.25, -0.2) is 0 Å². The molecule has 0 atom stereocenters. The maximum Gasteiger partial charge on any atom is 0.0669 e. The van der Waals surface area contributed by atoms with Crippen LogP contribution in [0.1, 0.15) is 45.4 Å². The van der Waals surface area contributed by atoms with Gasteiger partial charge in [-0.3, -0.25) is 4.98 Å². The minimum absolute atomic E-state index is 0.174. The third-order valence-corrected chi connectivity index (χ3v) is 2.80. The van der Waals surface area contributed by atoms with Crippen LogP contribution in [0, 0.1) is 0 Å². The van der Waals surface area contributed by atoms with Gasteiger partial charge in [-0.15, -0.1) is 0 Å². The van der Waals surface area contributed by atoms with Gasteiger partial charge in [-0.05, 0) is 40.5 Å². The van der Waals surface area contributed by atoms with Crippen molar-refractivity contribution in [3.05, 3.63) is 35.0 Å². The zero-order valence-electron chi connectivity index (χ0n) is 9.91. The van der Waals surface area contributed by atoms with Crippen LogP contribution in [0.25, 0.3) is 5.57 Å². The van der Waals surface area contributed by atoms with Gasteiger partial charge in [0.2, 0.25) is 0 Å². The van der Waals surface area contributed by atoms with Crippen molar-refractivity contribution in [2.24, 2.45) is 0 Å². The number of allylic oxidation sites excluding steroid dienone is 1. The molecule has 0 saturated heterocycles. The molecule has 1 nitrogen and oxygen atoms in total. The van der Waals surface area contributed by atoms with E-state index in [1.807, 2.05) is 11.6 Å². The molecule has 0 radical (unpaired) electrons. The number of hydrogen-bond acceptors (Lipinski definition) is 2. The van der Waals surface area contributed by atoms with Crippen LogP contribution in [-0.2, 0) is 5.41 Å². The minimum Gasteiger partial charge on any atom is -0.257 e. The smallest absolute Gasteiger partial charge is 0.0669 e. The number of rotatable bonds is 2. The molecule has 82 valence electrons. The number of hydrogen-bond donors (Lipinski definition) is 1. The van der Waals surface area contributed by atoms with Crippen molar-refractivity contribution in [1.82, 2.24) is 4.98 Å². The SMILES string of the molecule is CC/C(=C/S)c1cc(C(C)(C)C)ccn1. The summed E-state index contributed by atoms with van der Waals surface area (Å²) in [4.78, 5) is 4.38. The predicted octanol–water partition coefficient (Wildman–Crippen LogP) is 4.06. The average Bonchev–Trinajstić information content (AvgIpc) is 2.19. The lowest BCUT2D eigenvalue weighted by atomic mass is 9.87. The fourth-order valence-corrected chi connectivity index (χ4v) is 1.73. The molecule has 0 aliphatic heterocycles. The maximum atomic E-state index is 4.38. The van der Waals surface area contributed by atoms with Crippen LogP contribution in [0.4, 0.5) is 0 Å². The van der Waals surface area contributed by atoms with Crippen LogP contribution >= 0.6 is 12.6 Å². The molecule has 0 saturated carbocycles. The molecule has 1 heterocycles. The monoisotopic (exact) mass is 221 g/mol.